The molecule has 11 heteroatoms. The fourth-order valence-electron chi connectivity index (χ4n) is 3.87. The van der Waals surface area contributed by atoms with Crippen molar-refractivity contribution >= 4 is 25.8 Å². The van der Waals surface area contributed by atoms with E-state index in [1.165, 1.54) is 24.3 Å². The van der Waals surface area contributed by atoms with Crippen LogP contribution in [0.5, 0.6) is 11.5 Å². The number of amides is 1. The van der Waals surface area contributed by atoms with Crippen molar-refractivity contribution in [3.05, 3.63) is 53.6 Å². The molecule has 4 rings (SSSR count). The molecular weight excluding hydrogens is 468 g/mol. The number of hydrogen-bond acceptors (Lipinski definition) is 7. The average molecular weight is 495 g/mol. The zero-order valence-electron chi connectivity index (χ0n) is 18.2. The van der Waals surface area contributed by atoms with E-state index < -0.39 is 25.9 Å². The Morgan fingerprint density at radius 3 is 2.42 bits per heavy atom. The van der Waals surface area contributed by atoms with Crippen molar-refractivity contribution in [3.8, 4) is 11.5 Å². The first-order chi connectivity index (χ1) is 15.7. The van der Waals surface area contributed by atoms with Crippen LogP contribution in [0.1, 0.15) is 29.3 Å². The number of nitrogens with zero attached hydrogens (tertiary/aromatic N) is 1. The van der Waals surface area contributed by atoms with Gasteiger partial charge in [0.2, 0.25) is 10.0 Å². The molecule has 1 N–H and O–H groups in total. The van der Waals surface area contributed by atoms with Crippen LogP contribution in [0, 0.1) is 0 Å². The highest BCUT2D eigenvalue weighted by molar-refractivity contribution is 7.92. The molecule has 2 aromatic carbocycles. The molecule has 2 aliphatic heterocycles. The second-order valence-corrected chi connectivity index (χ2v) is 12.0. The number of sulfonamides is 1. The van der Waals surface area contributed by atoms with E-state index in [4.69, 9.17) is 9.47 Å². The highest BCUT2D eigenvalue weighted by atomic mass is 32.2. The topological polar surface area (TPSA) is 119 Å². The fraction of sp³-hybridized carbons (Fsp3) is 0.409. The van der Waals surface area contributed by atoms with Crippen molar-refractivity contribution in [2.24, 2.45) is 0 Å². The molecular formula is C22H26N2O7S2. The van der Waals surface area contributed by atoms with Gasteiger partial charge in [-0.25, -0.2) is 21.6 Å². The van der Waals surface area contributed by atoms with Crippen LogP contribution in [0.2, 0.25) is 0 Å². The summed E-state index contributed by atoms with van der Waals surface area (Å²) in [6, 6.07) is 10.6. The summed E-state index contributed by atoms with van der Waals surface area (Å²) in [5.74, 6) is 0.878. The maximum atomic E-state index is 13.0. The molecule has 178 valence electrons. The molecule has 1 amide bonds. The highest BCUT2D eigenvalue weighted by Crippen LogP contribution is 2.31. The summed E-state index contributed by atoms with van der Waals surface area (Å²) < 4.78 is 62.0. The summed E-state index contributed by atoms with van der Waals surface area (Å²) in [6.07, 6.45) is 0.253. The van der Waals surface area contributed by atoms with E-state index in [2.05, 4.69) is 4.72 Å². The van der Waals surface area contributed by atoms with Crippen molar-refractivity contribution in [3.63, 3.8) is 0 Å². The summed E-state index contributed by atoms with van der Waals surface area (Å²) in [5, 5.41) is 0. The zero-order valence-corrected chi connectivity index (χ0v) is 19.8. The number of carbonyl (C=O) groups is 1. The van der Waals surface area contributed by atoms with Crippen LogP contribution in [0.4, 0.5) is 0 Å². The maximum Gasteiger partial charge on any atom is 0.254 e. The van der Waals surface area contributed by atoms with E-state index in [1.807, 2.05) is 25.1 Å². The van der Waals surface area contributed by atoms with E-state index in [1.54, 1.807) is 4.90 Å². The maximum absolute atomic E-state index is 13.0. The number of nitrogens with one attached hydrogen (secondary N) is 1. The zero-order chi connectivity index (χ0) is 23.6. The van der Waals surface area contributed by atoms with Gasteiger partial charge in [0.05, 0.1) is 16.4 Å². The predicted molar refractivity (Wildman–Crippen MR) is 122 cm³/mol. The largest absolute Gasteiger partial charge is 0.486 e. The van der Waals surface area contributed by atoms with E-state index in [0.717, 1.165) is 5.56 Å². The van der Waals surface area contributed by atoms with Gasteiger partial charge < -0.3 is 14.4 Å². The number of ether oxygens (including phenoxy) is 2. The normalized spacial score (nSPS) is 19.2. The van der Waals surface area contributed by atoms with Gasteiger partial charge in [-0.1, -0.05) is 6.07 Å². The summed E-state index contributed by atoms with van der Waals surface area (Å²) >= 11 is 0. The molecule has 0 radical (unpaired) electrons. The van der Waals surface area contributed by atoms with Crippen LogP contribution in [0.15, 0.2) is 47.4 Å². The minimum absolute atomic E-state index is 0.0155. The van der Waals surface area contributed by atoms with Gasteiger partial charge in [0.15, 0.2) is 21.3 Å². The van der Waals surface area contributed by atoms with Gasteiger partial charge in [0.1, 0.15) is 13.2 Å². The Hall–Kier alpha value is -2.63. The molecule has 33 heavy (non-hydrogen) atoms. The lowest BCUT2D eigenvalue weighted by atomic mass is 10.1. The van der Waals surface area contributed by atoms with Crippen molar-refractivity contribution in [1.82, 2.24) is 9.62 Å². The van der Waals surface area contributed by atoms with E-state index >= 15 is 0 Å². The second-order valence-electron chi connectivity index (χ2n) is 8.04. The number of hydrogen-bond donors (Lipinski definition) is 1. The van der Waals surface area contributed by atoms with Gasteiger partial charge in [-0.05, 0) is 55.3 Å². The molecule has 0 aliphatic carbocycles. The van der Waals surface area contributed by atoms with Crippen LogP contribution in [0.25, 0.3) is 0 Å². The molecule has 0 saturated carbocycles. The standard InChI is InChI=1S/C22H26N2O7S2/c1-2-24(14-16-3-8-20-21(13-16)31-11-10-30-20)22(25)17-4-6-19(7-5-17)33(28,29)23-18-9-12-32(26,27)15-18/h3-8,13,18,23H,2,9-12,14-15H2,1H3. The summed E-state index contributed by atoms with van der Waals surface area (Å²) in [7, 11) is -7.09. The molecule has 0 aromatic heterocycles. The summed E-state index contributed by atoms with van der Waals surface area (Å²) in [4.78, 5) is 14.7. The lowest BCUT2D eigenvalue weighted by Gasteiger charge is -2.23. The molecule has 2 aromatic rings. The van der Waals surface area contributed by atoms with E-state index in [-0.39, 0.29) is 28.7 Å². The molecule has 2 heterocycles. The lowest BCUT2D eigenvalue weighted by Crippen LogP contribution is -2.35. The molecule has 2 aliphatic rings. The first-order valence-electron chi connectivity index (χ1n) is 10.7. The Kier molecular flexibility index (Phi) is 6.64. The third-order valence-corrected chi connectivity index (χ3v) is 8.92. The van der Waals surface area contributed by atoms with Crippen molar-refractivity contribution in [1.29, 1.82) is 0 Å². The Labute approximate surface area is 193 Å². The van der Waals surface area contributed by atoms with Crippen molar-refractivity contribution in [2.45, 2.75) is 30.8 Å². The SMILES string of the molecule is CCN(Cc1ccc2c(c1)OCCO2)C(=O)c1ccc(S(=O)(=O)NC2CCS(=O)(=O)C2)cc1. The van der Waals surface area contributed by atoms with Crippen molar-refractivity contribution < 1.29 is 31.1 Å². The smallest absolute Gasteiger partial charge is 0.254 e. The molecule has 1 fully saturated rings. The fourth-order valence-corrected chi connectivity index (χ4v) is 6.92. The molecule has 1 saturated heterocycles. The number of sulfone groups is 1. The molecule has 1 atom stereocenters. The number of benzene rings is 2. The van der Waals surface area contributed by atoms with E-state index in [0.29, 0.717) is 43.4 Å². The molecule has 9 nitrogen and oxygen atoms in total. The van der Waals surface area contributed by atoms with Crippen LogP contribution in [0.3, 0.4) is 0 Å². The Bertz CT molecular complexity index is 1240. The second kappa shape index (κ2) is 9.32. The lowest BCUT2D eigenvalue weighted by molar-refractivity contribution is 0.0752. The number of fused-ring (bicyclic) bond motifs is 1. The average Bonchev–Trinajstić information content (AvgIpc) is 3.14. The van der Waals surface area contributed by atoms with E-state index in [9.17, 15) is 21.6 Å². The minimum Gasteiger partial charge on any atom is -0.486 e. The van der Waals surface area contributed by atoms with Crippen LogP contribution in [-0.4, -0.2) is 64.9 Å². The summed E-state index contributed by atoms with van der Waals surface area (Å²) in [6.45, 7) is 3.68. The summed E-state index contributed by atoms with van der Waals surface area (Å²) in [5.41, 5.74) is 1.25. The van der Waals surface area contributed by atoms with Crippen LogP contribution >= 0.6 is 0 Å². The minimum atomic E-state index is -3.88. The quantitative estimate of drug-likeness (QED) is 0.621. The number of rotatable bonds is 7. The molecule has 0 spiro atoms. The van der Waals surface area contributed by atoms with Gasteiger partial charge in [0.25, 0.3) is 5.91 Å². The Morgan fingerprint density at radius 1 is 1.09 bits per heavy atom. The molecule has 1 unspecified atom stereocenters. The van der Waals surface area contributed by atoms with Crippen LogP contribution in [-0.2, 0) is 26.4 Å². The Balaban J connectivity index is 1.44. The predicted octanol–water partition coefficient (Wildman–Crippen LogP) is 1.59. The third kappa shape index (κ3) is 5.48. The first kappa shape index (κ1) is 23.5. The van der Waals surface area contributed by atoms with Gasteiger partial charge in [0, 0.05) is 24.7 Å². The molecule has 0 bridgehead atoms. The van der Waals surface area contributed by atoms with Crippen molar-refractivity contribution in [2.75, 3.05) is 31.3 Å². The van der Waals surface area contributed by atoms with Gasteiger partial charge >= 0.3 is 0 Å². The Morgan fingerprint density at radius 2 is 1.79 bits per heavy atom. The van der Waals surface area contributed by atoms with Gasteiger partial charge in [-0.15, -0.1) is 0 Å². The third-order valence-electron chi connectivity index (χ3n) is 5.61. The first-order valence-corrected chi connectivity index (χ1v) is 14.0. The van der Waals surface area contributed by atoms with Crippen LogP contribution < -0.4 is 14.2 Å². The van der Waals surface area contributed by atoms with Gasteiger partial charge in [-0.2, -0.15) is 0 Å². The monoisotopic (exact) mass is 494 g/mol. The van der Waals surface area contributed by atoms with Gasteiger partial charge in [-0.3, -0.25) is 4.79 Å². The number of carbonyl (C=O) groups excluding carboxylic acids is 1. The highest BCUT2D eigenvalue weighted by Gasteiger charge is 2.31.